The molecule has 0 aliphatic carbocycles. The number of rotatable bonds is 4. The van der Waals surface area contributed by atoms with Crippen LogP contribution in [0.5, 0.6) is 0 Å². The van der Waals surface area contributed by atoms with E-state index in [1.54, 1.807) is 6.20 Å². The number of pyridine rings is 2. The number of amides is 1. The van der Waals surface area contributed by atoms with Crippen LogP contribution in [0.2, 0.25) is 0 Å². The molecule has 7 heteroatoms. The van der Waals surface area contributed by atoms with Crippen molar-refractivity contribution < 1.29 is 4.79 Å². The predicted molar refractivity (Wildman–Crippen MR) is 138 cm³/mol. The summed E-state index contributed by atoms with van der Waals surface area (Å²) in [5, 5.41) is 19.0. The van der Waals surface area contributed by atoms with E-state index in [9.17, 15) is 10.1 Å². The molecule has 0 aliphatic rings. The van der Waals surface area contributed by atoms with Crippen molar-refractivity contribution in [2.24, 2.45) is 7.05 Å². The molecule has 7 nitrogen and oxygen atoms in total. The average molecular weight is 461 g/mol. The summed E-state index contributed by atoms with van der Waals surface area (Å²) in [6.45, 7) is 5.29. The smallest absolute Gasteiger partial charge is 0.222 e. The Labute approximate surface area is 203 Å². The zero-order chi connectivity index (χ0) is 24.7. The number of nitriles is 1. The van der Waals surface area contributed by atoms with Crippen molar-refractivity contribution >= 4 is 33.5 Å². The Balaban J connectivity index is 1.68. The molecule has 0 spiro atoms. The molecule has 0 saturated carbocycles. The Morgan fingerprint density at radius 3 is 2.43 bits per heavy atom. The quantitative estimate of drug-likeness (QED) is 0.376. The first kappa shape index (κ1) is 22.2. The second-order valence-electron chi connectivity index (χ2n) is 9.15. The van der Waals surface area contributed by atoms with Gasteiger partial charge in [-0.25, -0.2) is 4.98 Å². The van der Waals surface area contributed by atoms with Crippen LogP contribution in [0.25, 0.3) is 44.2 Å². The van der Waals surface area contributed by atoms with Crippen LogP contribution in [0.4, 0.5) is 5.82 Å². The van der Waals surface area contributed by atoms with Gasteiger partial charge in [0.05, 0.1) is 28.7 Å². The molecule has 0 aliphatic heterocycles. The zero-order valence-electron chi connectivity index (χ0n) is 20.0. The summed E-state index contributed by atoms with van der Waals surface area (Å²) in [6.07, 6.45) is 3.53. The molecule has 0 fully saturated rings. The molecule has 0 radical (unpaired) electrons. The highest BCUT2D eigenvalue weighted by atomic mass is 16.1. The maximum atomic E-state index is 11.5. The lowest BCUT2D eigenvalue weighted by Gasteiger charge is -2.15. The van der Waals surface area contributed by atoms with Gasteiger partial charge in [-0.2, -0.15) is 10.4 Å². The second-order valence-corrected chi connectivity index (χ2v) is 9.15. The number of aryl methyl sites for hydroxylation is 1. The molecule has 0 unspecified atom stereocenters. The minimum absolute atomic E-state index is 0.164. The van der Waals surface area contributed by atoms with Gasteiger partial charge in [-0.1, -0.05) is 30.3 Å². The first-order valence-corrected chi connectivity index (χ1v) is 11.3. The van der Waals surface area contributed by atoms with Crippen LogP contribution in [0.1, 0.15) is 26.3 Å². The van der Waals surface area contributed by atoms with Crippen LogP contribution < -0.4 is 5.32 Å². The van der Waals surface area contributed by atoms with Crippen molar-refractivity contribution in [1.82, 2.24) is 19.7 Å². The van der Waals surface area contributed by atoms with E-state index in [1.165, 1.54) is 6.92 Å². The van der Waals surface area contributed by atoms with Crippen molar-refractivity contribution in [2.45, 2.75) is 26.2 Å². The van der Waals surface area contributed by atoms with Gasteiger partial charge in [0.25, 0.3) is 0 Å². The van der Waals surface area contributed by atoms with Gasteiger partial charge in [-0.05, 0) is 54.8 Å². The van der Waals surface area contributed by atoms with E-state index in [2.05, 4.69) is 27.4 Å². The van der Waals surface area contributed by atoms with Gasteiger partial charge in [0, 0.05) is 36.5 Å². The molecule has 1 amide bonds. The molecule has 0 atom stereocenters. The van der Waals surface area contributed by atoms with Crippen molar-refractivity contribution in [3.8, 4) is 28.5 Å². The number of nitrogens with zero attached hydrogens (tertiary/aromatic N) is 5. The topological polar surface area (TPSA) is 96.5 Å². The molecule has 5 aromatic rings. The van der Waals surface area contributed by atoms with Crippen LogP contribution in [-0.2, 0) is 17.3 Å². The highest BCUT2D eigenvalue weighted by Crippen LogP contribution is 2.36. The highest BCUT2D eigenvalue weighted by molar-refractivity contribution is 6.12. The number of benzene rings is 2. The summed E-state index contributed by atoms with van der Waals surface area (Å²) in [5.41, 5.74) is 5.97. The number of hydrogen-bond donors (Lipinski definition) is 1. The fraction of sp³-hybridized carbons (Fsp3) is 0.179. The minimum Gasteiger partial charge on any atom is -0.311 e. The van der Waals surface area contributed by atoms with E-state index >= 15 is 0 Å². The molecule has 35 heavy (non-hydrogen) atoms. The molecule has 3 heterocycles. The molecule has 1 N–H and O–H groups in total. The SMILES string of the molecule is CC(=O)Nc1cc(-c2ccc3ncc4c(c(-c5ccc(C(C)(C)C#N)cc5)nn4C)c3c2)ccn1. The maximum Gasteiger partial charge on any atom is 0.222 e. The van der Waals surface area contributed by atoms with Gasteiger partial charge in [0.15, 0.2) is 0 Å². The largest absolute Gasteiger partial charge is 0.311 e. The van der Waals surface area contributed by atoms with Gasteiger partial charge in [0.2, 0.25) is 5.91 Å². The van der Waals surface area contributed by atoms with Crippen LogP contribution >= 0.6 is 0 Å². The third-order valence-corrected chi connectivity index (χ3v) is 6.24. The first-order chi connectivity index (χ1) is 16.8. The number of fused-ring (bicyclic) bond motifs is 3. The number of carbonyl (C=O) groups is 1. The van der Waals surface area contributed by atoms with Gasteiger partial charge in [0.1, 0.15) is 11.5 Å². The van der Waals surface area contributed by atoms with Crippen molar-refractivity contribution in [3.05, 3.63) is 72.6 Å². The average Bonchev–Trinajstić information content (AvgIpc) is 3.20. The third-order valence-electron chi connectivity index (χ3n) is 6.24. The first-order valence-electron chi connectivity index (χ1n) is 11.3. The fourth-order valence-corrected chi connectivity index (χ4v) is 4.28. The van der Waals surface area contributed by atoms with Gasteiger partial charge in [-0.3, -0.25) is 14.5 Å². The Kier molecular flexibility index (Phi) is 5.29. The summed E-state index contributed by atoms with van der Waals surface area (Å²) >= 11 is 0. The monoisotopic (exact) mass is 460 g/mol. The molecule has 3 aromatic heterocycles. The molecule has 0 bridgehead atoms. The van der Waals surface area contributed by atoms with E-state index in [0.717, 1.165) is 49.8 Å². The molecular weight excluding hydrogens is 436 g/mol. The lowest BCUT2D eigenvalue weighted by Crippen LogP contribution is -2.13. The van der Waals surface area contributed by atoms with E-state index in [4.69, 9.17) is 5.10 Å². The Bertz CT molecular complexity index is 1640. The number of anilines is 1. The van der Waals surface area contributed by atoms with Crippen LogP contribution in [0.3, 0.4) is 0 Å². The van der Waals surface area contributed by atoms with E-state index in [1.807, 2.05) is 80.3 Å². The molecular formula is C28H24N6O. The summed E-state index contributed by atoms with van der Waals surface area (Å²) in [5.74, 6) is 0.345. The van der Waals surface area contributed by atoms with Crippen molar-refractivity contribution in [3.63, 3.8) is 0 Å². The Morgan fingerprint density at radius 1 is 1.00 bits per heavy atom. The lowest BCUT2D eigenvalue weighted by atomic mass is 9.86. The minimum atomic E-state index is -0.559. The van der Waals surface area contributed by atoms with E-state index in [0.29, 0.717) is 5.82 Å². The summed E-state index contributed by atoms with van der Waals surface area (Å²) in [7, 11) is 1.92. The number of hydrogen-bond acceptors (Lipinski definition) is 5. The van der Waals surface area contributed by atoms with Gasteiger partial charge >= 0.3 is 0 Å². The molecule has 5 rings (SSSR count). The van der Waals surface area contributed by atoms with Gasteiger partial charge < -0.3 is 5.32 Å². The van der Waals surface area contributed by atoms with Crippen LogP contribution in [0, 0.1) is 11.3 Å². The fourth-order valence-electron chi connectivity index (χ4n) is 4.28. The van der Waals surface area contributed by atoms with Crippen molar-refractivity contribution in [2.75, 3.05) is 5.32 Å². The van der Waals surface area contributed by atoms with Crippen LogP contribution in [0.15, 0.2) is 67.0 Å². The third kappa shape index (κ3) is 4.00. The highest BCUT2D eigenvalue weighted by Gasteiger charge is 2.21. The Hall–Kier alpha value is -4.57. The molecule has 0 saturated heterocycles. The second kappa shape index (κ2) is 8.33. The normalized spacial score (nSPS) is 11.5. The summed E-state index contributed by atoms with van der Waals surface area (Å²) < 4.78 is 1.85. The number of nitrogens with one attached hydrogen (secondary N) is 1. The molecule has 2 aromatic carbocycles. The standard InChI is InChI=1S/C28H24N6O/c1-17(35)32-25-14-20(11-12-30-25)19-7-10-23-22(13-19)26-24(15-31-23)34(4)33-27(26)18-5-8-21(9-6-18)28(2,3)16-29/h5-15H,1-4H3,(H,30,32,35). The number of aromatic nitrogens is 4. The predicted octanol–water partition coefficient (Wildman–Crippen LogP) is 5.61. The Morgan fingerprint density at radius 2 is 1.71 bits per heavy atom. The molecule has 172 valence electrons. The summed E-state index contributed by atoms with van der Waals surface area (Å²) in [6, 6.07) is 20.3. The van der Waals surface area contributed by atoms with E-state index < -0.39 is 5.41 Å². The van der Waals surface area contributed by atoms with Crippen LogP contribution in [-0.4, -0.2) is 25.7 Å². The summed E-state index contributed by atoms with van der Waals surface area (Å²) in [4.78, 5) is 20.4. The van der Waals surface area contributed by atoms with Crippen molar-refractivity contribution in [1.29, 1.82) is 5.26 Å². The van der Waals surface area contributed by atoms with Gasteiger partial charge in [-0.15, -0.1) is 0 Å². The zero-order valence-corrected chi connectivity index (χ0v) is 20.0. The number of carbonyl (C=O) groups excluding carboxylic acids is 1. The van der Waals surface area contributed by atoms with E-state index in [-0.39, 0.29) is 5.91 Å². The lowest BCUT2D eigenvalue weighted by molar-refractivity contribution is -0.114. The maximum absolute atomic E-state index is 11.5.